The quantitative estimate of drug-likeness (QED) is 0.650. The highest BCUT2D eigenvalue weighted by atomic mass is 31.1. The van der Waals surface area contributed by atoms with Gasteiger partial charge in [0.2, 0.25) is 0 Å². The first-order chi connectivity index (χ1) is 8.01. The molecule has 0 aliphatic heterocycles. The molecule has 0 radical (unpaired) electrons. The molecule has 0 saturated heterocycles. The molecule has 1 rings (SSSR count). The summed E-state index contributed by atoms with van der Waals surface area (Å²) in [5.41, 5.74) is 2.41. The molecule has 4 nitrogen and oxygen atoms in total. The first-order valence-electron chi connectivity index (χ1n) is 5.57. The Hall–Kier alpha value is -1.12. The normalized spacial score (nSPS) is 12.2. The van der Waals surface area contributed by atoms with Crippen molar-refractivity contribution in [3.05, 3.63) is 28.8 Å². The topological polar surface area (TPSA) is 63.6 Å². The molecule has 1 atom stereocenters. The number of ketones is 1. The van der Waals surface area contributed by atoms with Crippen LogP contribution in [0.25, 0.3) is 0 Å². The smallest absolute Gasteiger partial charge is 0.365 e. The van der Waals surface area contributed by atoms with E-state index in [2.05, 4.69) is 0 Å². The summed E-state index contributed by atoms with van der Waals surface area (Å²) >= 11 is 0. The molecule has 0 saturated carbocycles. The fourth-order valence-electron chi connectivity index (χ4n) is 1.97. The maximum Gasteiger partial charge on any atom is 0.365 e. The predicted molar refractivity (Wildman–Crippen MR) is 67.1 cm³/mol. The second kappa shape index (κ2) is 5.99. The van der Waals surface area contributed by atoms with Crippen molar-refractivity contribution in [2.75, 3.05) is 0 Å². The van der Waals surface area contributed by atoms with Crippen LogP contribution in [0.3, 0.4) is 0 Å². The van der Waals surface area contributed by atoms with Gasteiger partial charge in [-0.3, -0.25) is 4.79 Å². The average molecular weight is 256 g/mol. The lowest BCUT2D eigenvalue weighted by molar-refractivity contribution is 0.101. The minimum Gasteiger partial charge on any atom is -0.426 e. The number of benzene rings is 1. The van der Waals surface area contributed by atoms with Crippen LogP contribution < -0.4 is 4.52 Å². The molecule has 0 heterocycles. The van der Waals surface area contributed by atoms with Gasteiger partial charge >= 0.3 is 8.25 Å². The minimum absolute atomic E-state index is 0.143. The van der Waals surface area contributed by atoms with Gasteiger partial charge in [-0.2, -0.15) is 0 Å². The van der Waals surface area contributed by atoms with E-state index >= 15 is 0 Å². The van der Waals surface area contributed by atoms with E-state index in [1.807, 2.05) is 19.9 Å². The Labute approximate surface area is 102 Å². The highest BCUT2D eigenvalue weighted by Gasteiger charge is 2.17. The molecule has 0 spiro atoms. The number of Topliss-reactive ketones (excluding diaryl/α,β-unsaturated/α-hetero) is 1. The Morgan fingerprint density at radius 2 is 2.00 bits per heavy atom. The van der Waals surface area contributed by atoms with Crippen LogP contribution in [0.2, 0.25) is 0 Å². The molecular weight excluding hydrogens is 239 g/mol. The lowest BCUT2D eigenvalue weighted by Gasteiger charge is -2.14. The third-order valence-corrected chi connectivity index (χ3v) is 3.05. The van der Waals surface area contributed by atoms with Gasteiger partial charge in [0.25, 0.3) is 0 Å². The van der Waals surface area contributed by atoms with E-state index in [1.54, 1.807) is 6.07 Å². The van der Waals surface area contributed by atoms with Crippen molar-refractivity contribution in [3.63, 3.8) is 0 Å². The molecule has 5 heteroatoms. The van der Waals surface area contributed by atoms with E-state index in [4.69, 9.17) is 9.42 Å². The molecule has 0 aliphatic carbocycles. The zero-order valence-corrected chi connectivity index (χ0v) is 11.2. The third-order valence-electron chi connectivity index (χ3n) is 2.66. The Balaban J connectivity index is 3.41. The Bertz CT molecular complexity index is 454. The van der Waals surface area contributed by atoms with Gasteiger partial charge in [0.15, 0.2) is 5.78 Å². The third kappa shape index (κ3) is 3.18. The summed E-state index contributed by atoms with van der Waals surface area (Å²) in [7, 11) is -3.09. The zero-order chi connectivity index (χ0) is 13.0. The number of carbonyl (C=O) groups is 1. The van der Waals surface area contributed by atoms with E-state index in [1.165, 1.54) is 6.92 Å². The van der Waals surface area contributed by atoms with Gasteiger partial charge < -0.3 is 9.42 Å². The van der Waals surface area contributed by atoms with Crippen molar-refractivity contribution < 1.29 is 18.8 Å². The molecule has 0 aromatic heterocycles. The lowest BCUT2D eigenvalue weighted by atomic mass is 9.94. The average Bonchev–Trinajstić information content (AvgIpc) is 2.26. The summed E-state index contributed by atoms with van der Waals surface area (Å²) in [5.74, 6) is 0.0633. The first kappa shape index (κ1) is 13.9. The zero-order valence-electron chi connectivity index (χ0n) is 10.2. The van der Waals surface area contributed by atoms with Gasteiger partial charge in [0.05, 0.1) is 5.56 Å². The van der Waals surface area contributed by atoms with Crippen molar-refractivity contribution in [2.24, 2.45) is 0 Å². The minimum atomic E-state index is -3.09. The molecule has 17 heavy (non-hydrogen) atoms. The van der Waals surface area contributed by atoms with Gasteiger partial charge in [0, 0.05) is 0 Å². The second-order valence-electron chi connectivity index (χ2n) is 3.71. The largest absolute Gasteiger partial charge is 0.426 e. The van der Waals surface area contributed by atoms with E-state index in [0.717, 1.165) is 17.5 Å². The number of aryl methyl sites for hydroxylation is 1. The van der Waals surface area contributed by atoms with Crippen LogP contribution in [0.4, 0.5) is 0 Å². The molecule has 1 N–H and O–H groups in total. The van der Waals surface area contributed by atoms with Crippen molar-refractivity contribution >= 4 is 14.0 Å². The predicted octanol–water partition coefficient (Wildman–Crippen LogP) is 2.77. The van der Waals surface area contributed by atoms with E-state index in [0.29, 0.717) is 12.0 Å². The SMILES string of the molecule is CCc1ccc(O[PH](=O)O)c(C(C)=O)c1CC. The van der Waals surface area contributed by atoms with Crippen molar-refractivity contribution in [1.29, 1.82) is 0 Å². The number of hydrogen-bond acceptors (Lipinski definition) is 3. The number of hydrogen-bond donors (Lipinski definition) is 1. The fraction of sp³-hybridized carbons (Fsp3) is 0.417. The van der Waals surface area contributed by atoms with Crippen LogP contribution in [-0.4, -0.2) is 10.7 Å². The van der Waals surface area contributed by atoms with E-state index in [-0.39, 0.29) is 11.5 Å². The van der Waals surface area contributed by atoms with Gasteiger partial charge in [-0.15, -0.1) is 0 Å². The Morgan fingerprint density at radius 1 is 1.35 bits per heavy atom. The molecule has 1 aromatic rings. The van der Waals surface area contributed by atoms with Gasteiger partial charge in [0.1, 0.15) is 5.75 Å². The summed E-state index contributed by atoms with van der Waals surface area (Å²) in [5, 5.41) is 0. The monoisotopic (exact) mass is 256 g/mol. The van der Waals surface area contributed by atoms with E-state index in [9.17, 15) is 9.36 Å². The molecule has 1 unspecified atom stereocenters. The summed E-state index contributed by atoms with van der Waals surface area (Å²) in [6, 6.07) is 3.43. The van der Waals surface area contributed by atoms with Crippen LogP contribution in [0, 0.1) is 0 Å². The summed E-state index contributed by atoms with van der Waals surface area (Å²) in [4.78, 5) is 20.5. The lowest BCUT2D eigenvalue weighted by Crippen LogP contribution is -2.05. The van der Waals surface area contributed by atoms with Crippen LogP contribution in [0.5, 0.6) is 5.75 Å². The van der Waals surface area contributed by atoms with Gasteiger partial charge in [-0.1, -0.05) is 19.9 Å². The molecule has 0 amide bonds. The molecular formula is C12H17O4P. The molecule has 0 bridgehead atoms. The highest BCUT2D eigenvalue weighted by Crippen LogP contribution is 2.32. The molecule has 0 fully saturated rings. The van der Waals surface area contributed by atoms with Crippen LogP contribution in [0.1, 0.15) is 42.3 Å². The maximum absolute atomic E-state index is 11.6. The van der Waals surface area contributed by atoms with E-state index < -0.39 is 8.25 Å². The fourth-order valence-corrected chi connectivity index (χ4v) is 2.33. The van der Waals surface area contributed by atoms with Crippen molar-refractivity contribution in [2.45, 2.75) is 33.6 Å². The molecule has 94 valence electrons. The summed E-state index contributed by atoms with van der Waals surface area (Å²) < 4.78 is 15.6. The van der Waals surface area contributed by atoms with Gasteiger partial charge in [-0.25, -0.2) is 4.57 Å². The number of rotatable bonds is 5. The highest BCUT2D eigenvalue weighted by molar-refractivity contribution is 7.32. The first-order valence-corrected chi connectivity index (χ1v) is 6.84. The second-order valence-corrected chi connectivity index (χ2v) is 4.44. The maximum atomic E-state index is 11.6. The van der Waals surface area contributed by atoms with Gasteiger partial charge in [-0.05, 0) is 37.0 Å². The van der Waals surface area contributed by atoms with Crippen LogP contribution >= 0.6 is 8.25 Å². The standard InChI is InChI=1S/C12H17O4P/c1-4-9-6-7-11(16-17(14)15)12(8(3)13)10(9)5-2/h6-7,17H,4-5H2,1-3H3,(H,14,15). The van der Waals surface area contributed by atoms with Crippen molar-refractivity contribution in [1.82, 2.24) is 0 Å². The molecule has 1 aromatic carbocycles. The number of carbonyl (C=O) groups excluding carboxylic acids is 1. The van der Waals surface area contributed by atoms with Crippen molar-refractivity contribution in [3.8, 4) is 5.75 Å². The van der Waals surface area contributed by atoms with Crippen LogP contribution in [0.15, 0.2) is 12.1 Å². The Kier molecular flexibility index (Phi) is 4.91. The molecule has 0 aliphatic rings. The summed E-state index contributed by atoms with van der Waals surface area (Å²) in [6.07, 6.45) is 1.51. The van der Waals surface area contributed by atoms with Crippen LogP contribution in [-0.2, 0) is 17.4 Å². The Morgan fingerprint density at radius 3 is 2.41 bits per heavy atom. The summed E-state index contributed by atoms with van der Waals surface area (Å²) in [6.45, 7) is 5.40.